The largest absolute Gasteiger partial charge is 0.385 e. The minimum absolute atomic E-state index is 0.122. The first-order valence-corrected chi connectivity index (χ1v) is 7.01. The summed E-state index contributed by atoms with van der Waals surface area (Å²) in [6, 6.07) is 4.33. The number of anilines is 1. The lowest BCUT2D eigenvalue weighted by molar-refractivity contribution is 0.0951. The van der Waals surface area contributed by atoms with Crippen LogP contribution in [0.25, 0.3) is 0 Å². The second-order valence-electron chi connectivity index (χ2n) is 4.80. The minimum Gasteiger partial charge on any atom is -0.385 e. The van der Waals surface area contributed by atoms with Crippen molar-refractivity contribution in [1.29, 1.82) is 0 Å². The number of carbonyl (C=O) groups is 1. The van der Waals surface area contributed by atoms with Crippen LogP contribution in [0, 0.1) is 0 Å². The zero-order valence-electron chi connectivity index (χ0n) is 11.4. The average molecular weight is 262 g/mol. The van der Waals surface area contributed by atoms with Crippen LogP contribution in [-0.4, -0.2) is 36.6 Å². The van der Waals surface area contributed by atoms with Gasteiger partial charge in [0.25, 0.3) is 5.91 Å². The SMILES string of the molecule is CCNC(=O)c1cc(NCC[C@@H]2CCCN2)ccn1. The first kappa shape index (κ1) is 13.8. The van der Waals surface area contributed by atoms with Crippen LogP contribution in [0.2, 0.25) is 0 Å². The van der Waals surface area contributed by atoms with Gasteiger partial charge in [0.1, 0.15) is 5.69 Å². The van der Waals surface area contributed by atoms with E-state index in [-0.39, 0.29) is 5.91 Å². The lowest BCUT2D eigenvalue weighted by atomic mass is 10.1. The summed E-state index contributed by atoms with van der Waals surface area (Å²) in [7, 11) is 0. The second kappa shape index (κ2) is 7.09. The van der Waals surface area contributed by atoms with Crippen LogP contribution >= 0.6 is 0 Å². The van der Waals surface area contributed by atoms with E-state index in [0.717, 1.165) is 25.2 Å². The molecule has 0 aliphatic carbocycles. The number of carbonyl (C=O) groups excluding carboxylic acids is 1. The zero-order valence-corrected chi connectivity index (χ0v) is 11.4. The van der Waals surface area contributed by atoms with E-state index < -0.39 is 0 Å². The topological polar surface area (TPSA) is 66.1 Å². The molecular weight excluding hydrogens is 240 g/mol. The molecule has 0 aromatic carbocycles. The number of amides is 1. The number of hydrogen-bond donors (Lipinski definition) is 3. The minimum atomic E-state index is -0.122. The molecule has 2 rings (SSSR count). The average Bonchev–Trinajstić information content (AvgIpc) is 2.93. The van der Waals surface area contributed by atoms with Crippen LogP contribution in [0.4, 0.5) is 5.69 Å². The van der Waals surface area contributed by atoms with Gasteiger partial charge in [0.15, 0.2) is 0 Å². The first-order valence-electron chi connectivity index (χ1n) is 7.01. The molecule has 1 fully saturated rings. The Kier molecular flexibility index (Phi) is 5.15. The Morgan fingerprint density at radius 1 is 1.58 bits per heavy atom. The van der Waals surface area contributed by atoms with E-state index in [1.807, 2.05) is 13.0 Å². The van der Waals surface area contributed by atoms with E-state index in [4.69, 9.17) is 0 Å². The molecule has 1 amide bonds. The quantitative estimate of drug-likeness (QED) is 0.725. The van der Waals surface area contributed by atoms with E-state index in [1.54, 1.807) is 12.3 Å². The maximum Gasteiger partial charge on any atom is 0.269 e. The molecule has 0 bridgehead atoms. The van der Waals surface area contributed by atoms with Gasteiger partial charge in [-0.05, 0) is 44.9 Å². The Morgan fingerprint density at radius 2 is 2.47 bits per heavy atom. The molecule has 2 heterocycles. The molecule has 0 spiro atoms. The molecule has 1 aliphatic heterocycles. The molecule has 104 valence electrons. The van der Waals surface area contributed by atoms with E-state index in [9.17, 15) is 4.79 Å². The third kappa shape index (κ3) is 4.21. The molecule has 3 N–H and O–H groups in total. The molecule has 5 nitrogen and oxygen atoms in total. The summed E-state index contributed by atoms with van der Waals surface area (Å²) < 4.78 is 0. The normalized spacial score (nSPS) is 18.3. The van der Waals surface area contributed by atoms with Crippen molar-refractivity contribution in [2.75, 3.05) is 25.0 Å². The third-order valence-electron chi connectivity index (χ3n) is 3.31. The molecule has 1 aliphatic rings. The number of nitrogens with zero attached hydrogens (tertiary/aromatic N) is 1. The van der Waals surface area contributed by atoms with Gasteiger partial charge < -0.3 is 16.0 Å². The third-order valence-corrected chi connectivity index (χ3v) is 3.31. The Labute approximate surface area is 114 Å². The van der Waals surface area contributed by atoms with Crippen LogP contribution in [-0.2, 0) is 0 Å². The highest BCUT2D eigenvalue weighted by molar-refractivity contribution is 5.93. The molecular formula is C14H22N4O. The molecule has 1 atom stereocenters. The van der Waals surface area contributed by atoms with Gasteiger partial charge in [-0.25, -0.2) is 0 Å². The van der Waals surface area contributed by atoms with Gasteiger partial charge in [-0.3, -0.25) is 9.78 Å². The van der Waals surface area contributed by atoms with E-state index in [0.29, 0.717) is 18.3 Å². The fraction of sp³-hybridized carbons (Fsp3) is 0.571. The lowest BCUT2D eigenvalue weighted by Gasteiger charge is -2.12. The predicted octanol–water partition coefficient (Wildman–Crippen LogP) is 1.39. The number of aromatic nitrogens is 1. The van der Waals surface area contributed by atoms with Gasteiger partial charge in [-0.15, -0.1) is 0 Å². The summed E-state index contributed by atoms with van der Waals surface area (Å²) in [6.07, 6.45) is 5.32. The fourth-order valence-electron chi connectivity index (χ4n) is 2.31. The maximum atomic E-state index is 11.7. The van der Waals surface area contributed by atoms with Crippen molar-refractivity contribution < 1.29 is 4.79 Å². The van der Waals surface area contributed by atoms with Gasteiger partial charge in [0.05, 0.1) is 0 Å². The Morgan fingerprint density at radius 3 is 3.21 bits per heavy atom. The first-order chi connectivity index (χ1) is 9.29. The fourth-order valence-corrected chi connectivity index (χ4v) is 2.31. The van der Waals surface area contributed by atoms with E-state index >= 15 is 0 Å². The Balaban J connectivity index is 1.82. The summed E-state index contributed by atoms with van der Waals surface area (Å²) in [6.45, 7) is 4.57. The number of pyridine rings is 1. The number of nitrogens with one attached hydrogen (secondary N) is 3. The smallest absolute Gasteiger partial charge is 0.269 e. The van der Waals surface area contributed by atoms with Crippen molar-refractivity contribution in [3.05, 3.63) is 24.0 Å². The van der Waals surface area contributed by atoms with Gasteiger partial charge in [0, 0.05) is 31.0 Å². The Bertz CT molecular complexity index is 416. The van der Waals surface area contributed by atoms with Crippen molar-refractivity contribution in [2.24, 2.45) is 0 Å². The van der Waals surface area contributed by atoms with Crippen LogP contribution in [0.15, 0.2) is 18.3 Å². The van der Waals surface area contributed by atoms with Crippen molar-refractivity contribution in [3.63, 3.8) is 0 Å². The van der Waals surface area contributed by atoms with Crippen molar-refractivity contribution in [3.8, 4) is 0 Å². The lowest BCUT2D eigenvalue weighted by Crippen LogP contribution is -2.25. The maximum absolute atomic E-state index is 11.7. The van der Waals surface area contributed by atoms with Gasteiger partial charge in [-0.1, -0.05) is 0 Å². The highest BCUT2D eigenvalue weighted by atomic mass is 16.1. The highest BCUT2D eigenvalue weighted by Crippen LogP contribution is 2.11. The summed E-state index contributed by atoms with van der Waals surface area (Å²) in [5.41, 5.74) is 1.42. The summed E-state index contributed by atoms with van der Waals surface area (Å²) >= 11 is 0. The molecule has 1 saturated heterocycles. The van der Waals surface area contributed by atoms with Crippen molar-refractivity contribution >= 4 is 11.6 Å². The Hall–Kier alpha value is -1.62. The summed E-state index contributed by atoms with van der Waals surface area (Å²) in [4.78, 5) is 15.7. The van der Waals surface area contributed by atoms with Crippen LogP contribution < -0.4 is 16.0 Å². The number of rotatable bonds is 6. The predicted molar refractivity (Wildman–Crippen MR) is 76.4 cm³/mol. The molecule has 1 aromatic heterocycles. The monoisotopic (exact) mass is 262 g/mol. The van der Waals surface area contributed by atoms with Gasteiger partial charge >= 0.3 is 0 Å². The van der Waals surface area contributed by atoms with Crippen LogP contribution in [0.1, 0.15) is 36.7 Å². The highest BCUT2D eigenvalue weighted by Gasteiger charge is 2.13. The molecule has 19 heavy (non-hydrogen) atoms. The summed E-state index contributed by atoms with van der Waals surface area (Å²) in [5, 5.41) is 9.57. The molecule has 0 radical (unpaired) electrons. The summed E-state index contributed by atoms with van der Waals surface area (Å²) in [5.74, 6) is -0.122. The van der Waals surface area contributed by atoms with Crippen LogP contribution in [0.5, 0.6) is 0 Å². The molecule has 1 aromatic rings. The number of hydrogen-bond acceptors (Lipinski definition) is 4. The molecule has 0 saturated carbocycles. The second-order valence-corrected chi connectivity index (χ2v) is 4.80. The van der Waals surface area contributed by atoms with E-state index in [1.165, 1.54) is 12.8 Å². The van der Waals surface area contributed by atoms with Crippen molar-refractivity contribution in [2.45, 2.75) is 32.2 Å². The van der Waals surface area contributed by atoms with Gasteiger partial charge in [-0.2, -0.15) is 0 Å². The standard InChI is InChI=1S/C14H22N4O/c1-2-15-14(19)13-10-12(6-9-18-13)17-8-5-11-4-3-7-16-11/h6,9-11,16H,2-5,7-8H2,1H3,(H,15,19)(H,17,18)/t11-/m0/s1. The van der Waals surface area contributed by atoms with Crippen LogP contribution in [0.3, 0.4) is 0 Å². The zero-order chi connectivity index (χ0) is 13.5. The van der Waals surface area contributed by atoms with Gasteiger partial charge in [0.2, 0.25) is 0 Å². The molecule has 0 unspecified atom stereocenters. The van der Waals surface area contributed by atoms with E-state index in [2.05, 4.69) is 20.9 Å². The molecule has 5 heteroatoms. The van der Waals surface area contributed by atoms with Crippen molar-refractivity contribution in [1.82, 2.24) is 15.6 Å².